The van der Waals surface area contributed by atoms with E-state index < -0.39 is 0 Å². The highest BCUT2D eigenvalue weighted by Gasteiger charge is 2.56. The van der Waals surface area contributed by atoms with Crippen LogP contribution in [0.1, 0.15) is 104 Å². The van der Waals surface area contributed by atoms with E-state index >= 15 is 0 Å². The molecule has 1 aromatic rings. The van der Waals surface area contributed by atoms with Gasteiger partial charge in [-0.1, -0.05) is 40.5 Å². The average molecular weight is 456 g/mol. The van der Waals surface area contributed by atoms with Gasteiger partial charge < -0.3 is 5.11 Å². The highest BCUT2D eigenvalue weighted by molar-refractivity contribution is 5.18. The smallest absolute Gasteiger partial charge is 0.138 e. The van der Waals surface area contributed by atoms with Crippen LogP contribution < -0.4 is 0 Å². The van der Waals surface area contributed by atoms with Crippen molar-refractivity contribution < 1.29 is 5.11 Å². The Balaban J connectivity index is 0.000000728. The van der Waals surface area contributed by atoms with Gasteiger partial charge in [0.15, 0.2) is 0 Å². The maximum Gasteiger partial charge on any atom is 0.138 e. The highest BCUT2D eigenvalue weighted by atomic mass is 16.2. The molecule has 1 heterocycles. The third kappa shape index (κ3) is 5.04. The molecule has 8 unspecified atom stereocenters. The molecule has 186 valence electrons. The van der Waals surface area contributed by atoms with Gasteiger partial charge in [0, 0.05) is 13.7 Å². The van der Waals surface area contributed by atoms with Gasteiger partial charge in [0.2, 0.25) is 0 Å². The summed E-state index contributed by atoms with van der Waals surface area (Å²) in [6.07, 6.45) is 17.8. The zero-order valence-corrected chi connectivity index (χ0v) is 22.0. The number of rotatable bonds is 4. The van der Waals surface area contributed by atoms with Gasteiger partial charge in [-0.3, -0.25) is 4.68 Å². The van der Waals surface area contributed by atoms with Crippen LogP contribution in [-0.2, 0) is 6.54 Å². The quantitative estimate of drug-likeness (QED) is 0.528. The van der Waals surface area contributed by atoms with E-state index in [-0.39, 0.29) is 0 Å². The molecule has 4 fully saturated rings. The molecule has 1 aromatic heterocycles. The first kappa shape index (κ1) is 26.3. The summed E-state index contributed by atoms with van der Waals surface area (Å²) in [6, 6.07) is 4.13. The third-order valence-corrected chi connectivity index (χ3v) is 10.4. The maximum absolute atomic E-state index is 9.28. The van der Waals surface area contributed by atoms with Gasteiger partial charge in [0.1, 0.15) is 11.8 Å². The minimum atomic E-state index is 0.536. The molecular formula is C29H49N3O. The van der Waals surface area contributed by atoms with Crippen molar-refractivity contribution in [2.24, 2.45) is 46.8 Å². The number of fused-ring (bicyclic) bond motifs is 5. The summed E-state index contributed by atoms with van der Waals surface area (Å²) in [5.41, 5.74) is 1.25. The molecule has 8 atom stereocenters. The molecule has 0 aromatic carbocycles. The van der Waals surface area contributed by atoms with Crippen molar-refractivity contribution in [2.75, 3.05) is 7.11 Å². The lowest BCUT2D eigenvalue weighted by Gasteiger charge is -2.56. The molecule has 4 nitrogen and oxygen atoms in total. The number of aromatic nitrogens is 2. The standard InChI is InChI=1S/C26H39N3.C2H6.CH4O/c1-3-18-4-7-22-19(16-18)5-8-24-23(22)10-13-26(2)20(6-9-25(24)26)12-15-29-21(17-27)11-14-28-29;2*1-2/h11,14,18-20,22-25H,3-10,12-13,15-16H2,1-2H3;1-2H3;2H,1H3. The van der Waals surface area contributed by atoms with E-state index in [1.54, 1.807) is 12.6 Å². The van der Waals surface area contributed by atoms with Crippen molar-refractivity contribution in [1.82, 2.24) is 9.78 Å². The van der Waals surface area contributed by atoms with Gasteiger partial charge in [0.05, 0.1) is 6.20 Å². The van der Waals surface area contributed by atoms with Gasteiger partial charge >= 0.3 is 0 Å². The Kier molecular flexibility index (Phi) is 9.45. The van der Waals surface area contributed by atoms with Crippen molar-refractivity contribution >= 4 is 0 Å². The first-order chi connectivity index (χ1) is 16.1. The summed E-state index contributed by atoms with van der Waals surface area (Å²) in [5.74, 6) is 6.97. The Morgan fingerprint density at radius 2 is 1.82 bits per heavy atom. The summed E-state index contributed by atoms with van der Waals surface area (Å²) in [6.45, 7) is 9.96. The number of aryl methyl sites for hydroxylation is 1. The fourth-order valence-corrected chi connectivity index (χ4v) is 8.79. The molecule has 4 saturated carbocycles. The van der Waals surface area contributed by atoms with Crippen molar-refractivity contribution in [3.8, 4) is 6.07 Å². The van der Waals surface area contributed by atoms with E-state index in [2.05, 4.69) is 25.0 Å². The Bertz CT molecular complexity index is 767. The zero-order chi connectivity index (χ0) is 24.0. The van der Waals surface area contributed by atoms with E-state index in [4.69, 9.17) is 5.11 Å². The van der Waals surface area contributed by atoms with Crippen molar-refractivity contribution in [1.29, 1.82) is 5.26 Å². The minimum Gasteiger partial charge on any atom is -0.400 e. The molecule has 1 N–H and O–H groups in total. The Morgan fingerprint density at radius 1 is 1.06 bits per heavy atom. The Labute approximate surface area is 203 Å². The Morgan fingerprint density at radius 3 is 2.55 bits per heavy atom. The fraction of sp³-hybridized carbons (Fsp3) is 0.862. The lowest BCUT2D eigenvalue weighted by molar-refractivity contribution is -0.0693. The van der Waals surface area contributed by atoms with Gasteiger partial charge in [-0.15, -0.1) is 0 Å². The lowest BCUT2D eigenvalue weighted by Crippen LogP contribution is -2.48. The minimum absolute atomic E-state index is 0.536. The van der Waals surface area contributed by atoms with Crippen molar-refractivity contribution in [3.63, 3.8) is 0 Å². The summed E-state index contributed by atoms with van der Waals surface area (Å²) < 4.78 is 1.93. The summed E-state index contributed by atoms with van der Waals surface area (Å²) >= 11 is 0. The van der Waals surface area contributed by atoms with Crippen LogP contribution in [0.15, 0.2) is 12.3 Å². The summed E-state index contributed by atoms with van der Waals surface area (Å²) in [7, 11) is 1.00. The SMILES string of the molecule is CC.CCC1CCC2C(CCC3C2CCC2(C)C(CCn4nccc4C#N)CCC32)C1.CO. The number of hydrogen-bond acceptors (Lipinski definition) is 3. The van der Waals surface area contributed by atoms with E-state index in [0.717, 1.165) is 60.8 Å². The topological polar surface area (TPSA) is 61.8 Å². The molecule has 4 aliphatic rings. The van der Waals surface area contributed by atoms with Crippen LogP contribution in [0.4, 0.5) is 0 Å². The molecule has 0 amide bonds. The average Bonchev–Trinajstić information content (AvgIpc) is 3.47. The number of nitriles is 1. The van der Waals surface area contributed by atoms with Crippen LogP contribution in [0.5, 0.6) is 0 Å². The van der Waals surface area contributed by atoms with Crippen molar-refractivity contribution in [2.45, 2.75) is 105 Å². The van der Waals surface area contributed by atoms with E-state index in [0.29, 0.717) is 5.41 Å². The van der Waals surface area contributed by atoms with Gasteiger partial charge in [-0.25, -0.2) is 0 Å². The number of aliphatic hydroxyl groups is 1. The third-order valence-electron chi connectivity index (χ3n) is 10.4. The van der Waals surface area contributed by atoms with Crippen LogP contribution in [0.3, 0.4) is 0 Å². The monoisotopic (exact) mass is 455 g/mol. The lowest BCUT2D eigenvalue weighted by atomic mass is 9.49. The second kappa shape index (κ2) is 11.9. The predicted octanol–water partition coefficient (Wildman–Crippen LogP) is 7.07. The van der Waals surface area contributed by atoms with E-state index in [9.17, 15) is 5.26 Å². The Hall–Kier alpha value is -1.34. The zero-order valence-electron chi connectivity index (χ0n) is 22.0. The molecule has 5 rings (SSSR count). The fourth-order valence-electron chi connectivity index (χ4n) is 8.79. The van der Waals surface area contributed by atoms with Crippen molar-refractivity contribution in [3.05, 3.63) is 18.0 Å². The second-order valence-electron chi connectivity index (χ2n) is 11.2. The molecule has 0 aliphatic heterocycles. The second-order valence-corrected chi connectivity index (χ2v) is 11.2. The van der Waals surface area contributed by atoms with Gasteiger partial charge in [0.25, 0.3) is 0 Å². The molecule has 4 heteroatoms. The normalized spacial score (nSPS) is 38.9. The largest absolute Gasteiger partial charge is 0.400 e. The molecule has 0 radical (unpaired) electrons. The molecule has 0 spiro atoms. The number of nitrogens with zero attached hydrogens (tertiary/aromatic N) is 3. The van der Waals surface area contributed by atoms with E-state index in [1.165, 1.54) is 64.2 Å². The van der Waals surface area contributed by atoms with Crippen LogP contribution >= 0.6 is 0 Å². The molecular weight excluding hydrogens is 406 g/mol. The first-order valence-electron chi connectivity index (χ1n) is 14.0. The molecule has 33 heavy (non-hydrogen) atoms. The summed E-state index contributed by atoms with van der Waals surface area (Å²) in [5, 5.41) is 20.7. The molecule has 4 aliphatic carbocycles. The first-order valence-corrected chi connectivity index (χ1v) is 14.0. The van der Waals surface area contributed by atoms with Crippen LogP contribution in [-0.4, -0.2) is 22.0 Å². The van der Waals surface area contributed by atoms with Crippen LogP contribution in [0.2, 0.25) is 0 Å². The predicted molar refractivity (Wildman–Crippen MR) is 135 cm³/mol. The van der Waals surface area contributed by atoms with Crippen LogP contribution in [0, 0.1) is 58.2 Å². The summed E-state index contributed by atoms with van der Waals surface area (Å²) in [4.78, 5) is 0. The van der Waals surface area contributed by atoms with Gasteiger partial charge in [-0.2, -0.15) is 10.4 Å². The highest BCUT2D eigenvalue weighted by Crippen LogP contribution is 2.65. The van der Waals surface area contributed by atoms with Gasteiger partial charge in [-0.05, 0) is 111 Å². The number of hydrogen-bond donors (Lipinski definition) is 1. The maximum atomic E-state index is 9.28. The van der Waals surface area contributed by atoms with Crippen LogP contribution in [0.25, 0.3) is 0 Å². The molecule has 0 saturated heterocycles. The van der Waals surface area contributed by atoms with E-state index in [1.807, 2.05) is 24.6 Å². The number of aliphatic hydroxyl groups excluding tert-OH is 1. The molecule has 0 bridgehead atoms.